The Morgan fingerprint density at radius 3 is 2.63 bits per heavy atom. The molecule has 0 bridgehead atoms. The van der Waals surface area contributed by atoms with Gasteiger partial charge in [0.1, 0.15) is 17.7 Å². The van der Waals surface area contributed by atoms with Gasteiger partial charge in [-0.05, 0) is 54.8 Å². The highest BCUT2D eigenvalue weighted by Gasteiger charge is 2.23. The van der Waals surface area contributed by atoms with Crippen molar-refractivity contribution in [2.24, 2.45) is 7.05 Å². The number of halogens is 1. The van der Waals surface area contributed by atoms with Gasteiger partial charge >= 0.3 is 0 Å². The van der Waals surface area contributed by atoms with E-state index in [4.69, 9.17) is 0 Å². The number of nitrogens with zero attached hydrogens (tertiary/aromatic N) is 3. The molecule has 6 nitrogen and oxygen atoms in total. The van der Waals surface area contributed by atoms with Gasteiger partial charge in [-0.2, -0.15) is 0 Å². The van der Waals surface area contributed by atoms with Gasteiger partial charge in [-0.15, -0.1) is 0 Å². The minimum absolute atomic E-state index is 0.111. The maximum atomic E-state index is 13.8. The van der Waals surface area contributed by atoms with Gasteiger partial charge in [0.25, 0.3) is 5.91 Å². The predicted molar refractivity (Wildman–Crippen MR) is 112 cm³/mol. The van der Waals surface area contributed by atoms with Crippen LogP contribution in [0.15, 0.2) is 60.9 Å². The van der Waals surface area contributed by atoms with Crippen LogP contribution in [0.3, 0.4) is 0 Å². The van der Waals surface area contributed by atoms with E-state index in [9.17, 15) is 14.0 Å². The van der Waals surface area contributed by atoms with Crippen LogP contribution in [0.5, 0.6) is 0 Å². The number of rotatable bonds is 5. The zero-order chi connectivity index (χ0) is 21.1. The van der Waals surface area contributed by atoms with Crippen molar-refractivity contribution in [1.29, 1.82) is 0 Å². The van der Waals surface area contributed by atoms with Gasteiger partial charge in [0.2, 0.25) is 5.91 Å². The molecule has 1 aliphatic heterocycles. The molecular formula is C23H23FN4O2. The van der Waals surface area contributed by atoms with Gasteiger partial charge in [0, 0.05) is 43.7 Å². The van der Waals surface area contributed by atoms with Crippen LogP contribution < -0.4 is 10.2 Å². The summed E-state index contributed by atoms with van der Waals surface area (Å²) in [6, 6.07) is 12.5. The normalized spacial score (nSPS) is 15.1. The molecule has 1 aliphatic rings. The Morgan fingerprint density at radius 2 is 1.97 bits per heavy atom. The zero-order valence-corrected chi connectivity index (χ0v) is 16.7. The smallest absolute Gasteiger partial charge is 0.252 e. The molecule has 4 rings (SSSR count). The van der Waals surface area contributed by atoms with Crippen LogP contribution >= 0.6 is 0 Å². The fraction of sp³-hybridized carbons (Fsp3) is 0.261. The fourth-order valence-electron chi connectivity index (χ4n) is 3.72. The SMILES string of the molecule is Cn1ccnc1C(NC(=O)c1ccc(N2CCCCC2=O)cc1)c1cccc(F)c1. The van der Waals surface area contributed by atoms with E-state index in [1.807, 2.05) is 7.05 Å². The molecule has 2 aromatic carbocycles. The lowest BCUT2D eigenvalue weighted by Gasteiger charge is -2.27. The van der Waals surface area contributed by atoms with Crippen molar-refractivity contribution in [3.8, 4) is 0 Å². The number of anilines is 1. The number of aryl methyl sites for hydroxylation is 1. The number of carbonyl (C=O) groups excluding carboxylic acids is 2. The Balaban J connectivity index is 1.57. The van der Waals surface area contributed by atoms with Crippen LogP contribution in [-0.2, 0) is 11.8 Å². The van der Waals surface area contributed by atoms with E-state index in [1.54, 1.807) is 58.3 Å². The molecule has 2 amide bonds. The van der Waals surface area contributed by atoms with Crippen LogP contribution in [-0.4, -0.2) is 27.9 Å². The van der Waals surface area contributed by atoms with E-state index in [2.05, 4.69) is 10.3 Å². The standard InChI is InChI=1S/C23H23FN4O2/c1-27-14-12-25-22(27)21(17-5-4-6-18(24)15-17)26-23(30)16-8-10-19(11-9-16)28-13-3-2-7-20(28)29/h4-6,8-12,14-15,21H,2-3,7,13H2,1H3,(H,26,30). The van der Waals surface area contributed by atoms with E-state index in [-0.39, 0.29) is 17.6 Å². The average Bonchev–Trinajstić information content (AvgIpc) is 3.18. The van der Waals surface area contributed by atoms with Crippen LogP contribution in [0.2, 0.25) is 0 Å². The number of imidazole rings is 1. The molecule has 154 valence electrons. The molecule has 7 heteroatoms. The highest BCUT2D eigenvalue weighted by Crippen LogP contribution is 2.24. The second-order valence-corrected chi connectivity index (χ2v) is 7.41. The number of hydrogen-bond donors (Lipinski definition) is 1. The maximum absolute atomic E-state index is 13.8. The molecular weight excluding hydrogens is 383 g/mol. The molecule has 2 heterocycles. The van der Waals surface area contributed by atoms with Crippen molar-refractivity contribution < 1.29 is 14.0 Å². The topological polar surface area (TPSA) is 67.2 Å². The Labute approximate surface area is 174 Å². The fourth-order valence-corrected chi connectivity index (χ4v) is 3.72. The Bertz CT molecular complexity index is 1060. The van der Waals surface area contributed by atoms with E-state index >= 15 is 0 Å². The first-order chi connectivity index (χ1) is 14.5. The Morgan fingerprint density at radius 1 is 1.17 bits per heavy atom. The molecule has 1 aromatic heterocycles. The molecule has 30 heavy (non-hydrogen) atoms. The molecule has 0 spiro atoms. The highest BCUT2D eigenvalue weighted by atomic mass is 19.1. The third kappa shape index (κ3) is 4.10. The summed E-state index contributed by atoms with van der Waals surface area (Å²) in [5, 5.41) is 2.96. The predicted octanol–water partition coefficient (Wildman–Crippen LogP) is 3.60. The third-order valence-electron chi connectivity index (χ3n) is 5.34. The number of carbonyl (C=O) groups is 2. The number of piperidine rings is 1. The summed E-state index contributed by atoms with van der Waals surface area (Å²) in [5.41, 5.74) is 1.86. The lowest BCUT2D eigenvalue weighted by Crippen LogP contribution is -2.35. The monoisotopic (exact) mass is 406 g/mol. The number of nitrogens with one attached hydrogen (secondary N) is 1. The lowest BCUT2D eigenvalue weighted by atomic mass is 10.0. The number of hydrogen-bond acceptors (Lipinski definition) is 3. The highest BCUT2D eigenvalue weighted by molar-refractivity contribution is 5.97. The molecule has 1 fully saturated rings. The van der Waals surface area contributed by atoms with Crippen molar-refractivity contribution in [3.63, 3.8) is 0 Å². The largest absolute Gasteiger partial charge is 0.338 e. The van der Waals surface area contributed by atoms with Crippen LogP contribution in [0.25, 0.3) is 0 Å². The summed E-state index contributed by atoms with van der Waals surface area (Å²) >= 11 is 0. The number of amides is 2. The molecule has 3 aromatic rings. The van der Waals surface area contributed by atoms with Gasteiger partial charge < -0.3 is 14.8 Å². The van der Waals surface area contributed by atoms with Crippen LogP contribution in [0.4, 0.5) is 10.1 Å². The minimum Gasteiger partial charge on any atom is -0.338 e. The lowest BCUT2D eigenvalue weighted by molar-refractivity contribution is -0.119. The van der Waals surface area contributed by atoms with Crippen LogP contribution in [0, 0.1) is 5.82 Å². The number of aromatic nitrogens is 2. The summed E-state index contributed by atoms with van der Waals surface area (Å²) in [6.07, 6.45) is 5.87. The second-order valence-electron chi connectivity index (χ2n) is 7.41. The molecule has 0 radical (unpaired) electrons. The molecule has 1 N–H and O–H groups in total. The first-order valence-corrected chi connectivity index (χ1v) is 9.97. The minimum atomic E-state index is -0.600. The zero-order valence-electron chi connectivity index (χ0n) is 16.7. The van der Waals surface area contributed by atoms with Crippen molar-refractivity contribution in [2.45, 2.75) is 25.3 Å². The summed E-state index contributed by atoms with van der Waals surface area (Å²) < 4.78 is 15.6. The van der Waals surface area contributed by atoms with Gasteiger partial charge in [-0.25, -0.2) is 9.37 Å². The molecule has 1 atom stereocenters. The summed E-state index contributed by atoms with van der Waals surface area (Å²) in [5.74, 6) is 0.0316. The first kappa shape index (κ1) is 19.8. The quantitative estimate of drug-likeness (QED) is 0.704. The van der Waals surface area contributed by atoms with Crippen molar-refractivity contribution in [1.82, 2.24) is 14.9 Å². The maximum Gasteiger partial charge on any atom is 0.252 e. The van der Waals surface area contributed by atoms with Gasteiger partial charge in [0.05, 0.1) is 0 Å². The van der Waals surface area contributed by atoms with Crippen molar-refractivity contribution >= 4 is 17.5 Å². The first-order valence-electron chi connectivity index (χ1n) is 9.97. The van der Waals surface area contributed by atoms with Crippen molar-refractivity contribution in [3.05, 3.63) is 83.7 Å². The Hall–Kier alpha value is -3.48. The van der Waals surface area contributed by atoms with Gasteiger partial charge in [-0.3, -0.25) is 9.59 Å². The molecule has 1 unspecified atom stereocenters. The average molecular weight is 406 g/mol. The van der Waals surface area contributed by atoms with Crippen LogP contribution in [0.1, 0.15) is 47.1 Å². The molecule has 1 saturated heterocycles. The summed E-state index contributed by atoms with van der Waals surface area (Å²) in [6.45, 7) is 0.700. The van der Waals surface area contributed by atoms with E-state index < -0.39 is 6.04 Å². The van der Waals surface area contributed by atoms with E-state index in [0.29, 0.717) is 29.9 Å². The Kier molecular flexibility index (Phi) is 5.61. The number of benzene rings is 2. The van der Waals surface area contributed by atoms with E-state index in [1.165, 1.54) is 12.1 Å². The molecule has 0 saturated carbocycles. The second kappa shape index (κ2) is 8.49. The summed E-state index contributed by atoms with van der Waals surface area (Å²) in [4.78, 5) is 31.2. The van der Waals surface area contributed by atoms with Crippen molar-refractivity contribution in [2.75, 3.05) is 11.4 Å². The third-order valence-corrected chi connectivity index (χ3v) is 5.34. The van der Waals surface area contributed by atoms with Gasteiger partial charge in [-0.1, -0.05) is 12.1 Å². The van der Waals surface area contributed by atoms with E-state index in [0.717, 1.165) is 18.5 Å². The molecule has 0 aliphatic carbocycles. The summed E-state index contributed by atoms with van der Waals surface area (Å²) in [7, 11) is 1.82. The van der Waals surface area contributed by atoms with Gasteiger partial charge in [0.15, 0.2) is 0 Å².